The van der Waals surface area contributed by atoms with E-state index in [9.17, 15) is 4.79 Å². The molecule has 0 radical (unpaired) electrons. The summed E-state index contributed by atoms with van der Waals surface area (Å²) in [5.74, 6) is 1.65. The number of carbonyl (C=O) groups is 1. The highest BCUT2D eigenvalue weighted by Crippen LogP contribution is 2.38. The first-order chi connectivity index (χ1) is 17.9. The Labute approximate surface area is 216 Å². The quantitative estimate of drug-likeness (QED) is 0.319. The van der Waals surface area contributed by atoms with E-state index in [-0.39, 0.29) is 6.03 Å². The van der Waals surface area contributed by atoms with E-state index in [0.29, 0.717) is 24.9 Å². The van der Waals surface area contributed by atoms with Gasteiger partial charge in [-0.1, -0.05) is 76.9 Å². The van der Waals surface area contributed by atoms with Crippen molar-refractivity contribution in [2.24, 2.45) is 0 Å². The summed E-state index contributed by atoms with van der Waals surface area (Å²) in [6, 6.07) is 23.2. The zero-order valence-corrected chi connectivity index (χ0v) is 21.5. The van der Waals surface area contributed by atoms with Gasteiger partial charge in [-0.05, 0) is 51.0 Å². The van der Waals surface area contributed by atoms with Crippen molar-refractivity contribution in [3.8, 4) is 17.1 Å². The van der Waals surface area contributed by atoms with Crippen LogP contribution in [0, 0.1) is 13.8 Å². The first kappa shape index (κ1) is 24.3. The van der Waals surface area contributed by atoms with Gasteiger partial charge in [0.2, 0.25) is 5.82 Å². The smallest absolute Gasteiger partial charge is 0.322 e. The summed E-state index contributed by atoms with van der Waals surface area (Å²) in [5, 5.41) is 7.43. The minimum Gasteiger partial charge on any atom is -0.494 e. The molecule has 0 saturated carbocycles. The highest BCUT2D eigenvalue weighted by Gasteiger charge is 2.35. The summed E-state index contributed by atoms with van der Waals surface area (Å²) in [6.07, 6.45) is 0. The molecule has 188 valence electrons. The number of benzene rings is 3. The van der Waals surface area contributed by atoms with Crippen molar-refractivity contribution in [3.63, 3.8) is 0 Å². The fraction of sp³-hybridized carbons (Fsp3) is 0.233. The lowest BCUT2D eigenvalue weighted by Gasteiger charge is -2.35. The van der Waals surface area contributed by atoms with Crippen molar-refractivity contribution in [3.05, 3.63) is 107 Å². The Bertz CT molecular complexity index is 1440. The molecule has 1 N–H and O–H groups in total. The molecule has 2 heterocycles. The summed E-state index contributed by atoms with van der Waals surface area (Å²) in [6.45, 7) is 8.97. The normalized spacial score (nSPS) is 15.6. The van der Waals surface area contributed by atoms with Crippen LogP contribution in [0.25, 0.3) is 17.0 Å². The molecule has 1 aliphatic heterocycles. The van der Waals surface area contributed by atoms with Gasteiger partial charge in [-0.3, -0.25) is 4.90 Å². The summed E-state index contributed by atoms with van der Waals surface area (Å²) in [7, 11) is 0. The molecule has 5 rings (SSSR count). The van der Waals surface area contributed by atoms with Crippen LogP contribution in [0.4, 0.5) is 4.79 Å². The van der Waals surface area contributed by atoms with Gasteiger partial charge in [0.05, 0.1) is 24.8 Å². The Balaban J connectivity index is 1.57. The zero-order valence-electron chi connectivity index (χ0n) is 21.5. The van der Waals surface area contributed by atoms with Crippen LogP contribution in [-0.2, 0) is 6.54 Å². The standard InChI is InChI=1S/C30H30N4O3/c1-5-36-25-15-13-23(14-16-25)27-26(29-32-28(33-37-29)24-11-9-19(2)10-12-24)21(4)34(30(35)31-27)18-22-8-6-7-20(3)17-22/h6-17,27H,5,18H2,1-4H3,(H,31,35). The van der Waals surface area contributed by atoms with Gasteiger partial charge in [0.25, 0.3) is 5.89 Å². The lowest BCUT2D eigenvalue weighted by molar-refractivity contribution is 0.203. The number of hydrogen-bond acceptors (Lipinski definition) is 5. The van der Waals surface area contributed by atoms with E-state index >= 15 is 0 Å². The molecule has 4 aromatic rings. The fourth-order valence-electron chi connectivity index (χ4n) is 4.57. The van der Waals surface area contributed by atoms with E-state index in [1.807, 2.05) is 94.4 Å². The van der Waals surface area contributed by atoms with Crippen LogP contribution in [0.15, 0.2) is 83.0 Å². The number of aromatic nitrogens is 2. The second-order valence-electron chi connectivity index (χ2n) is 9.25. The van der Waals surface area contributed by atoms with Gasteiger partial charge in [0.15, 0.2) is 0 Å². The Hall–Kier alpha value is -4.39. The molecule has 37 heavy (non-hydrogen) atoms. The third-order valence-corrected chi connectivity index (χ3v) is 6.51. The molecule has 0 saturated heterocycles. The molecular formula is C30H30N4O3. The minimum absolute atomic E-state index is 0.181. The molecule has 3 aromatic carbocycles. The molecular weight excluding hydrogens is 464 g/mol. The van der Waals surface area contributed by atoms with Crippen LogP contribution in [-0.4, -0.2) is 27.7 Å². The van der Waals surface area contributed by atoms with E-state index in [1.165, 1.54) is 0 Å². The maximum atomic E-state index is 13.4. The van der Waals surface area contributed by atoms with Crippen molar-refractivity contribution in [1.82, 2.24) is 20.4 Å². The van der Waals surface area contributed by atoms with Crippen LogP contribution < -0.4 is 10.1 Å². The predicted molar refractivity (Wildman–Crippen MR) is 143 cm³/mol. The van der Waals surface area contributed by atoms with E-state index in [2.05, 4.69) is 16.5 Å². The summed E-state index contributed by atoms with van der Waals surface area (Å²) in [4.78, 5) is 19.8. The van der Waals surface area contributed by atoms with Gasteiger partial charge in [0.1, 0.15) is 5.75 Å². The molecule has 0 spiro atoms. The van der Waals surface area contributed by atoms with Gasteiger partial charge < -0.3 is 14.6 Å². The topological polar surface area (TPSA) is 80.5 Å². The minimum atomic E-state index is -0.455. The number of aryl methyl sites for hydroxylation is 2. The second-order valence-corrected chi connectivity index (χ2v) is 9.25. The van der Waals surface area contributed by atoms with Gasteiger partial charge in [-0.2, -0.15) is 4.98 Å². The molecule has 7 heteroatoms. The number of nitrogens with one attached hydrogen (secondary N) is 1. The average molecular weight is 495 g/mol. The lowest BCUT2D eigenvalue weighted by atomic mass is 9.94. The maximum absolute atomic E-state index is 13.4. The average Bonchev–Trinajstić information content (AvgIpc) is 3.37. The number of hydrogen-bond donors (Lipinski definition) is 1. The summed E-state index contributed by atoms with van der Waals surface area (Å²) >= 11 is 0. The van der Waals surface area contributed by atoms with Gasteiger partial charge in [-0.25, -0.2) is 4.79 Å². The van der Waals surface area contributed by atoms with Gasteiger partial charge in [0, 0.05) is 11.3 Å². The van der Waals surface area contributed by atoms with Crippen LogP contribution in [0.5, 0.6) is 5.75 Å². The third-order valence-electron chi connectivity index (χ3n) is 6.51. The first-order valence-electron chi connectivity index (χ1n) is 12.4. The molecule has 1 atom stereocenters. The SMILES string of the molecule is CCOc1ccc(C2NC(=O)N(Cc3cccc(C)c3)C(C)=C2c2nc(-c3ccc(C)cc3)no2)cc1. The van der Waals surface area contributed by atoms with Crippen LogP contribution in [0.3, 0.4) is 0 Å². The lowest BCUT2D eigenvalue weighted by Crippen LogP contribution is -2.45. The molecule has 0 aliphatic carbocycles. The number of ether oxygens (including phenoxy) is 1. The second kappa shape index (κ2) is 10.3. The third kappa shape index (κ3) is 5.11. The Morgan fingerprint density at radius 1 is 0.973 bits per heavy atom. The fourth-order valence-corrected chi connectivity index (χ4v) is 4.57. The van der Waals surface area contributed by atoms with Crippen LogP contribution in [0.2, 0.25) is 0 Å². The highest BCUT2D eigenvalue weighted by molar-refractivity contribution is 5.87. The molecule has 1 aromatic heterocycles. The van der Waals surface area contributed by atoms with E-state index in [4.69, 9.17) is 14.2 Å². The first-order valence-corrected chi connectivity index (χ1v) is 12.4. The number of amides is 2. The number of allylic oxidation sites excluding steroid dienone is 1. The summed E-state index contributed by atoms with van der Waals surface area (Å²) in [5.41, 5.74) is 6.64. The zero-order chi connectivity index (χ0) is 25.9. The largest absolute Gasteiger partial charge is 0.494 e. The number of carbonyl (C=O) groups excluding carboxylic acids is 1. The van der Waals surface area contributed by atoms with Crippen molar-refractivity contribution in [2.75, 3.05) is 6.61 Å². The Morgan fingerprint density at radius 2 is 1.73 bits per heavy atom. The monoisotopic (exact) mass is 494 g/mol. The molecule has 1 aliphatic rings. The van der Waals surface area contributed by atoms with Crippen molar-refractivity contribution >= 4 is 11.6 Å². The van der Waals surface area contributed by atoms with E-state index < -0.39 is 6.04 Å². The van der Waals surface area contributed by atoms with Gasteiger partial charge >= 0.3 is 6.03 Å². The predicted octanol–water partition coefficient (Wildman–Crippen LogP) is 6.45. The van der Waals surface area contributed by atoms with Crippen molar-refractivity contribution in [2.45, 2.75) is 40.3 Å². The number of rotatable bonds is 7. The van der Waals surface area contributed by atoms with Crippen molar-refractivity contribution in [1.29, 1.82) is 0 Å². The maximum Gasteiger partial charge on any atom is 0.322 e. The molecule has 7 nitrogen and oxygen atoms in total. The van der Waals surface area contributed by atoms with Crippen LogP contribution in [0.1, 0.15) is 48.0 Å². The van der Waals surface area contributed by atoms with Crippen molar-refractivity contribution < 1.29 is 14.1 Å². The van der Waals surface area contributed by atoms with Gasteiger partial charge in [-0.15, -0.1) is 0 Å². The highest BCUT2D eigenvalue weighted by atomic mass is 16.5. The Morgan fingerprint density at radius 3 is 2.43 bits per heavy atom. The van der Waals surface area contributed by atoms with E-state index in [0.717, 1.165) is 44.8 Å². The molecule has 0 fully saturated rings. The number of nitrogens with zero attached hydrogens (tertiary/aromatic N) is 3. The van der Waals surface area contributed by atoms with E-state index in [1.54, 1.807) is 4.90 Å². The molecule has 1 unspecified atom stereocenters. The van der Waals surface area contributed by atoms with Crippen LogP contribution >= 0.6 is 0 Å². The molecule has 0 bridgehead atoms. The molecule has 2 amide bonds. The Kier molecular flexibility index (Phi) is 6.77. The number of urea groups is 1. The summed E-state index contributed by atoms with van der Waals surface area (Å²) < 4.78 is 11.4.